The summed E-state index contributed by atoms with van der Waals surface area (Å²) in [6.07, 6.45) is 2.74. The topological polar surface area (TPSA) is 72.3 Å². The number of furan rings is 1. The summed E-state index contributed by atoms with van der Waals surface area (Å²) >= 11 is 1.70. The van der Waals surface area contributed by atoms with Crippen molar-refractivity contribution in [3.63, 3.8) is 0 Å². The molecule has 0 amide bonds. The second kappa shape index (κ2) is 3.95. The number of thioether (sulfide) groups is 1. The zero-order valence-corrected chi connectivity index (χ0v) is 9.18. The summed E-state index contributed by atoms with van der Waals surface area (Å²) in [5.41, 5.74) is 0.787. The molecule has 1 N–H and O–H groups in total. The van der Waals surface area contributed by atoms with Gasteiger partial charge in [-0.15, -0.1) is 0 Å². The van der Waals surface area contributed by atoms with Crippen molar-refractivity contribution in [2.75, 3.05) is 11.5 Å². The number of aromatic nitrogens is 2. The Labute approximate surface area is 95.8 Å². The molecular weight excluding hydrogens is 228 g/mol. The van der Waals surface area contributed by atoms with Gasteiger partial charge in [0.1, 0.15) is 6.26 Å². The minimum atomic E-state index is -0.386. The fourth-order valence-electron chi connectivity index (χ4n) is 1.67. The van der Waals surface area contributed by atoms with Crippen molar-refractivity contribution in [3.05, 3.63) is 24.5 Å². The maximum absolute atomic E-state index is 9.72. The molecule has 84 valence electrons. The van der Waals surface area contributed by atoms with Crippen molar-refractivity contribution in [1.29, 1.82) is 0 Å². The summed E-state index contributed by atoms with van der Waals surface area (Å²) in [6, 6.07) is 1.77. The molecule has 2 aromatic rings. The van der Waals surface area contributed by atoms with Gasteiger partial charge in [-0.3, -0.25) is 0 Å². The van der Waals surface area contributed by atoms with Crippen LogP contribution in [0.15, 0.2) is 27.5 Å². The summed E-state index contributed by atoms with van der Waals surface area (Å²) in [5, 5.41) is 13.6. The third-order valence-electron chi connectivity index (χ3n) is 2.59. The van der Waals surface area contributed by atoms with Gasteiger partial charge in [-0.25, -0.2) is 0 Å². The second-order valence-corrected chi connectivity index (χ2v) is 4.75. The van der Waals surface area contributed by atoms with Gasteiger partial charge in [-0.1, -0.05) is 5.16 Å². The molecule has 3 heterocycles. The Hall–Kier alpha value is -1.27. The molecule has 2 atom stereocenters. The van der Waals surface area contributed by atoms with Crippen molar-refractivity contribution >= 4 is 11.8 Å². The van der Waals surface area contributed by atoms with E-state index in [4.69, 9.17) is 8.94 Å². The van der Waals surface area contributed by atoms with E-state index in [1.807, 2.05) is 0 Å². The SMILES string of the molecule is OC1CSCC1c1nc(-c2ccoc2)no1. The number of aliphatic hydroxyl groups excluding tert-OH is 1. The largest absolute Gasteiger partial charge is 0.472 e. The molecule has 5 nitrogen and oxygen atoms in total. The average molecular weight is 238 g/mol. The van der Waals surface area contributed by atoms with Crippen LogP contribution in [0.1, 0.15) is 11.8 Å². The van der Waals surface area contributed by atoms with Gasteiger partial charge in [0.2, 0.25) is 11.7 Å². The Bertz CT molecular complexity index is 468. The van der Waals surface area contributed by atoms with Crippen LogP contribution in [-0.2, 0) is 0 Å². The third kappa shape index (κ3) is 1.64. The summed E-state index contributed by atoms with van der Waals surface area (Å²) in [7, 11) is 0. The minimum Gasteiger partial charge on any atom is -0.472 e. The molecule has 0 radical (unpaired) electrons. The number of aliphatic hydroxyl groups is 1. The minimum absolute atomic E-state index is 0.0434. The molecule has 1 aliphatic heterocycles. The van der Waals surface area contributed by atoms with Crippen molar-refractivity contribution in [1.82, 2.24) is 10.1 Å². The van der Waals surface area contributed by atoms with Crippen LogP contribution in [0.25, 0.3) is 11.4 Å². The molecular formula is C10H10N2O3S. The van der Waals surface area contributed by atoms with E-state index in [0.29, 0.717) is 11.7 Å². The molecule has 3 rings (SSSR count). The smallest absolute Gasteiger partial charge is 0.233 e. The molecule has 6 heteroatoms. The number of hydrogen-bond donors (Lipinski definition) is 1. The van der Waals surface area contributed by atoms with Gasteiger partial charge in [0, 0.05) is 11.5 Å². The summed E-state index contributed by atoms with van der Waals surface area (Å²) in [5.74, 6) is 2.53. The van der Waals surface area contributed by atoms with Gasteiger partial charge in [-0.2, -0.15) is 16.7 Å². The van der Waals surface area contributed by atoms with Crippen molar-refractivity contribution < 1.29 is 14.0 Å². The van der Waals surface area contributed by atoms with E-state index in [9.17, 15) is 5.11 Å². The highest BCUT2D eigenvalue weighted by molar-refractivity contribution is 7.99. The van der Waals surface area contributed by atoms with Gasteiger partial charge in [0.25, 0.3) is 0 Å². The molecule has 0 aromatic carbocycles. The predicted molar refractivity (Wildman–Crippen MR) is 58.1 cm³/mol. The highest BCUT2D eigenvalue weighted by Gasteiger charge is 2.32. The normalized spacial score (nSPS) is 25.1. The first-order chi connectivity index (χ1) is 7.84. The van der Waals surface area contributed by atoms with Crippen LogP contribution in [0.4, 0.5) is 0 Å². The van der Waals surface area contributed by atoms with Gasteiger partial charge in [0.15, 0.2) is 0 Å². The van der Waals surface area contributed by atoms with Crippen molar-refractivity contribution in [2.24, 2.45) is 0 Å². The lowest BCUT2D eigenvalue weighted by Gasteiger charge is -2.06. The summed E-state index contributed by atoms with van der Waals surface area (Å²) in [6.45, 7) is 0. The van der Waals surface area contributed by atoms with Gasteiger partial charge in [-0.05, 0) is 6.07 Å². The van der Waals surface area contributed by atoms with Crippen LogP contribution < -0.4 is 0 Å². The highest BCUT2D eigenvalue weighted by Crippen LogP contribution is 2.32. The maximum Gasteiger partial charge on any atom is 0.233 e. The fourth-order valence-corrected chi connectivity index (χ4v) is 2.90. The van der Waals surface area contributed by atoms with E-state index in [1.54, 1.807) is 30.4 Å². The van der Waals surface area contributed by atoms with Crippen LogP contribution in [-0.4, -0.2) is 32.9 Å². The molecule has 0 bridgehead atoms. The number of rotatable bonds is 2. The zero-order chi connectivity index (χ0) is 11.0. The monoisotopic (exact) mass is 238 g/mol. The van der Waals surface area contributed by atoms with Crippen molar-refractivity contribution in [3.8, 4) is 11.4 Å². The number of hydrogen-bond acceptors (Lipinski definition) is 6. The van der Waals surface area contributed by atoms with E-state index in [-0.39, 0.29) is 12.0 Å². The van der Waals surface area contributed by atoms with Crippen LogP contribution in [0, 0.1) is 0 Å². The van der Waals surface area contributed by atoms with E-state index >= 15 is 0 Å². The quantitative estimate of drug-likeness (QED) is 0.855. The van der Waals surface area contributed by atoms with E-state index < -0.39 is 0 Å². The van der Waals surface area contributed by atoms with Crippen LogP contribution >= 0.6 is 11.8 Å². The average Bonchev–Trinajstić information content (AvgIpc) is 2.96. The van der Waals surface area contributed by atoms with Crippen molar-refractivity contribution in [2.45, 2.75) is 12.0 Å². The lowest BCUT2D eigenvalue weighted by Crippen LogP contribution is -2.15. The van der Waals surface area contributed by atoms with Crippen LogP contribution in [0.5, 0.6) is 0 Å². The Balaban J connectivity index is 1.88. The summed E-state index contributed by atoms with van der Waals surface area (Å²) < 4.78 is 10.1. The molecule has 1 fully saturated rings. The molecule has 0 spiro atoms. The lowest BCUT2D eigenvalue weighted by molar-refractivity contribution is 0.164. The fraction of sp³-hybridized carbons (Fsp3) is 0.400. The second-order valence-electron chi connectivity index (χ2n) is 3.68. The molecule has 2 aromatic heterocycles. The van der Waals surface area contributed by atoms with Crippen LogP contribution in [0.3, 0.4) is 0 Å². The Morgan fingerprint density at radius 1 is 1.44 bits per heavy atom. The van der Waals surface area contributed by atoms with E-state index in [0.717, 1.165) is 17.1 Å². The first-order valence-corrected chi connectivity index (χ1v) is 6.12. The Kier molecular flexibility index (Phi) is 2.45. The number of nitrogens with zero attached hydrogens (tertiary/aromatic N) is 2. The maximum atomic E-state index is 9.72. The first-order valence-electron chi connectivity index (χ1n) is 4.96. The standard InChI is InChI=1S/C10H10N2O3S/c13-8-5-16-4-7(8)10-11-9(12-15-10)6-1-2-14-3-6/h1-3,7-8,13H,4-5H2. The Morgan fingerprint density at radius 2 is 2.38 bits per heavy atom. The van der Waals surface area contributed by atoms with Gasteiger partial charge >= 0.3 is 0 Å². The van der Waals surface area contributed by atoms with Crippen LogP contribution in [0.2, 0.25) is 0 Å². The lowest BCUT2D eigenvalue weighted by atomic mass is 10.1. The molecule has 1 saturated heterocycles. The summed E-state index contributed by atoms with van der Waals surface area (Å²) in [4.78, 5) is 4.27. The molecule has 0 aliphatic carbocycles. The molecule has 1 aliphatic rings. The highest BCUT2D eigenvalue weighted by atomic mass is 32.2. The molecule has 0 saturated carbocycles. The van der Waals surface area contributed by atoms with E-state index in [2.05, 4.69) is 10.1 Å². The predicted octanol–water partition coefficient (Wildman–Crippen LogP) is 1.52. The van der Waals surface area contributed by atoms with Gasteiger partial charge in [0.05, 0.1) is 23.8 Å². The zero-order valence-electron chi connectivity index (χ0n) is 8.37. The first kappa shape index (κ1) is 9.92. The molecule has 2 unspecified atom stereocenters. The van der Waals surface area contributed by atoms with Gasteiger partial charge < -0.3 is 14.0 Å². The molecule has 16 heavy (non-hydrogen) atoms. The van der Waals surface area contributed by atoms with E-state index in [1.165, 1.54) is 0 Å². The third-order valence-corrected chi connectivity index (χ3v) is 3.76. The Morgan fingerprint density at radius 3 is 3.06 bits per heavy atom.